The maximum Gasteiger partial charge on any atom is 0.337 e. The van der Waals surface area contributed by atoms with Crippen LogP contribution >= 0.6 is 0 Å². The van der Waals surface area contributed by atoms with Gasteiger partial charge in [0.05, 0.1) is 43.9 Å². The number of nitriles is 1. The third-order valence-corrected chi connectivity index (χ3v) is 7.14. The predicted molar refractivity (Wildman–Crippen MR) is 147 cm³/mol. The predicted octanol–water partition coefficient (Wildman–Crippen LogP) is 2.86. The van der Waals surface area contributed by atoms with Gasteiger partial charge in [-0.3, -0.25) is 9.11 Å². The Morgan fingerprint density at radius 1 is 0.651 bits per heavy atom. The lowest BCUT2D eigenvalue weighted by molar-refractivity contribution is 0.0687. The molecule has 0 aliphatic carbocycles. The van der Waals surface area contributed by atoms with Crippen LogP contribution in [0, 0.1) is 11.3 Å². The lowest BCUT2D eigenvalue weighted by atomic mass is 10.2. The van der Waals surface area contributed by atoms with Gasteiger partial charge in [0.15, 0.2) is 0 Å². The molecular formula is C24H17N7O10S2. The first-order chi connectivity index (χ1) is 20.1. The van der Waals surface area contributed by atoms with Crippen molar-refractivity contribution in [2.24, 2.45) is 0 Å². The topological polar surface area (TPSA) is 282 Å². The highest BCUT2D eigenvalue weighted by Gasteiger charge is 2.20. The van der Waals surface area contributed by atoms with Crippen LogP contribution in [0.15, 0.2) is 70.5 Å². The molecule has 43 heavy (non-hydrogen) atoms. The van der Waals surface area contributed by atoms with E-state index in [2.05, 4.69) is 30.9 Å². The summed E-state index contributed by atoms with van der Waals surface area (Å²) < 4.78 is 65.5. The molecule has 0 aliphatic heterocycles. The zero-order chi connectivity index (χ0) is 31.5. The fourth-order valence-electron chi connectivity index (χ4n) is 3.49. The van der Waals surface area contributed by atoms with Gasteiger partial charge in [0, 0.05) is 5.69 Å². The normalized spacial score (nSPS) is 11.3. The van der Waals surface area contributed by atoms with Crippen LogP contribution in [-0.2, 0) is 20.2 Å². The van der Waals surface area contributed by atoms with Crippen LogP contribution in [0.1, 0.15) is 26.3 Å². The van der Waals surface area contributed by atoms with Gasteiger partial charge in [-0.2, -0.15) is 37.0 Å². The smallest absolute Gasteiger partial charge is 0.337 e. The van der Waals surface area contributed by atoms with Crippen LogP contribution in [-0.4, -0.2) is 63.0 Å². The summed E-state index contributed by atoms with van der Waals surface area (Å²) in [5.41, 5.74) is -0.935. The second kappa shape index (κ2) is 11.7. The van der Waals surface area contributed by atoms with E-state index in [-0.39, 0.29) is 17.3 Å². The van der Waals surface area contributed by atoms with E-state index in [1.807, 2.05) is 6.07 Å². The van der Waals surface area contributed by atoms with Crippen LogP contribution in [0.25, 0.3) is 0 Å². The standard InChI is InChI=1S/C24H17N7O10S2/c25-11-12-1-3-13(4-2-12)26-22-29-23(27-18-9-14(42(36,37)38)5-7-16(18)20(32)33)31-24(30-22)28-19-10-15(43(39,40)41)6-8-17(19)21(34)35/h1-10H,(H,32,33)(H,34,35)(H,36,37,38)(H,39,40,41)(H3,26,27,28,29,30,31). The molecule has 1 heterocycles. The zero-order valence-electron chi connectivity index (χ0n) is 21.1. The summed E-state index contributed by atoms with van der Waals surface area (Å²) in [5.74, 6) is -4.06. The van der Waals surface area contributed by atoms with Gasteiger partial charge in [-0.05, 0) is 60.7 Å². The monoisotopic (exact) mass is 627 g/mol. The van der Waals surface area contributed by atoms with Crippen molar-refractivity contribution in [1.29, 1.82) is 5.26 Å². The molecule has 7 N–H and O–H groups in total. The van der Waals surface area contributed by atoms with Crippen LogP contribution < -0.4 is 16.0 Å². The summed E-state index contributed by atoms with van der Waals surface area (Å²) in [6.07, 6.45) is 0. The van der Waals surface area contributed by atoms with Crippen molar-refractivity contribution in [3.63, 3.8) is 0 Å². The lowest BCUT2D eigenvalue weighted by Gasteiger charge is -2.14. The average molecular weight is 628 g/mol. The van der Waals surface area contributed by atoms with Gasteiger partial charge in [0.2, 0.25) is 17.8 Å². The minimum atomic E-state index is -4.75. The van der Waals surface area contributed by atoms with Crippen LogP contribution in [0.4, 0.5) is 34.9 Å². The molecule has 0 atom stereocenters. The Bertz CT molecular complexity index is 1910. The van der Waals surface area contributed by atoms with Crippen LogP contribution in [0.2, 0.25) is 0 Å². The molecule has 0 unspecified atom stereocenters. The second-order valence-corrected chi connectivity index (χ2v) is 11.2. The minimum Gasteiger partial charge on any atom is -0.478 e. The molecule has 0 aliphatic rings. The first-order valence-corrected chi connectivity index (χ1v) is 14.3. The van der Waals surface area contributed by atoms with Gasteiger partial charge < -0.3 is 26.2 Å². The van der Waals surface area contributed by atoms with E-state index in [1.54, 1.807) is 0 Å². The number of anilines is 6. The van der Waals surface area contributed by atoms with E-state index in [4.69, 9.17) is 5.26 Å². The molecule has 0 radical (unpaired) electrons. The Kier molecular flexibility index (Phi) is 8.22. The van der Waals surface area contributed by atoms with Crippen molar-refractivity contribution in [3.05, 3.63) is 77.4 Å². The number of carbonyl (C=O) groups is 2. The number of carboxylic acids is 2. The van der Waals surface area contributed by atoms with Crippen molar-refractivity contribution in [2.45, 2.75) is 9.79 Å². The number of benzene rings is 3. The highest BCUT2D eigenvalue weighted by Crippen LogP contribution is 2.28. The highest BCUT2D eigenvalue weighted by atomic mass is 32.2. The van der Waals surface area contributed by atoms with Crippen LogP contribution in [0.5, 0.6) is 0 Å². The fraction of sp³-hybridized carbons (Fsp3) is 0. The Hall–Kier alpha value is -5.68. The Balaban J connectivity index is 1.84. The molecule has 0 spiro atoms. The highest BCUT2D eigenvalue weighted by molar-refractivity contribution is 7.86. The first-order valence-electron chi connectivity index (χ1n) is 11.4. The number of nitrogens with one attached hydrogen (secondary N) is 3. The molecule has 4 rings (SSSR count). The minimum absolute atomic E-state index is 0.240. The Morgan fingerprint density at radius 2 is 1.05 bits per heavy atom. The number of nitrogens with zero attached hydrogens (tertiary/aromatic N) is 4. The van der Waals surface area contributed by atoms with E-state index in [1.165, 1.54) is 24.3 Å². The molecule has 0 fully saturated rings. The zero-order valence-corrected chi connectivity index (χ0v) is 22.8. The number of aromatic carboxylic acids is 2. The van der Waals surface area contributed by atoms with E-state index < -0.39 is 65.0 Å². The summed E-state index contributed by atoms with van der Waals surface area (Å²) in [5, 5.41) is 36.0. The largest absolute Gasteiger partial charge is 0.478 e. The van der Waals surface area contributed by atoms with Gasteiger partial charge in [0.1, 0.15) is 0 Å². The summed E-state index contributed by atoms with van der Waals surface area (Å²) in [6, 6.07) is 13.0. The maximum atomic E-state index is 11.8. The molecule has 4 aromatic rings. The quantitative estimate of drug-likeness (QED) is 0.124. The number of hydrogen-bond acceptors (Lipinski definition) is 13. The van der Waals surface area contributed by atoms with E-state index in [0.717, 1.165) is 36.4 Å². The SMILES string of the molecule is N#Cc1ccc(Nc2nc(Nc3cc(S(=O)(=O)O)ccc3C(=O)O)nc(Nc3cc(S(=O)(=O)O)ccc3C(=O)O)n2)cc1. The molecular weight excluding hydrogens is 610 g/mol. The van der Waals surface area contributed by atoms with Gasteiger partial charge in [-0.1, -0.05) is 0 Å². The molecule has 19 heteroatoms. The Morgan fingerprint density at radius 3 is 1.40 bits per heavy atom. The summed E-state index contributed by atoms with van der Waals surface area (Å²) in [6.45, 7) is 0. The third-order valence-electron chi connectivity index (χ3n) is 5.44. The van der Waals surface area contributed by atoms with Crippen LogP contribution in [0.3, 0.4) is 0 Å². The summed E-state index contributed by atoms with van der Waals surface area (Å²) in [7, 11) is -9.50. The molecule has 0 bridgehead atoms. The third kappa shape index (κ3) is 7.34. The van der Waals surface area contributed by atoms with Crippen molar-refractivity contribution in [1.82, 2.24) is 15.0 Å². The Labute approximate surface area is 242 Å². The fourth-order valence-corrected chi connectivity index (χ4v) is 4.50. The molecule has 220 valence electrons. The van der Waals surface area contributed by atoms with E-state index in [0.29, 0.717) is 11.3 Å². The number of hydrogen-bond donors (Lipinski definition) is 7. The molecule has 0 saturated carbocycles. The number of aromatic nitrogens is 3. The first kappa shape index (κ1) is 30.3. The number of carboxylic acid groups (broad SMARTS) is 2. The molecule has 1 aromatic heterocycles. The van der Waals surface area contributed by atoms with Crippen molar-refractivity contribution in [2.75, 3.05) is 16.0 Å². The van der Waals surface area contributed by atoms with Gasteiger partial charge >= 0.3 is 11.9 Å². The van der Waals surface area contributed by atoms with Gasteiger partial charge in [-0.15, -0.1) is 0 Å². The van der Waals surface area contributed by atoms with E-state index >= 15 is 0 Å². The van der Waals surface area contributed by atoms with Crippen molar-refractivity contribution in [3.8, 4) is 6.07 Å². The lowest BCUT2D eigenvalue weighted by Crippen LogP contribution is -2.11. The van der Waals surface area contributed by atoms with Crippen molar-refractivity contribution >= 4 is 67.1 Å². The van der Waals surface area contributed by atoms with Gasteiger partial charge in [0.25, 0.3) is 20.2 Å². The average Bonchev–Trinajstić information content (AvgIpc) is 2.92. The molecule has 3 aromatic carbocycles. The summed E-state index contributed by atoms with van der Waals surface area (Å²) in [4.78, 5) is 34.5. The maximum absolute atomic E-state index is 11.8. The van der Waals surface area contributed by atoms with E-state index in [9.17, 15) is 45.7 Å². The molecule has 0 saturated heterocycles. The molecule has 17 nitrogen and oxygen atoms in total. The number of rotatable bonds is 10. The van der Waals surface area contributed by atoms with Crippen molar-refractivity contribution < 1.29 is 45.7 Å². The summed E-state index contributed by atoms with van der Waals surface area (Å²) >= 11 is 0. The van der Waals surface area contributed by atoms with Gasteiger partial charge in [-0.25, -0.2) is 9.59 Å². The second-order valence-electron chi connectivity index (χ2n) is 8.35. The molecule has 0 amide bonds.